The van der Waals surface area contributed by atoms with E-state index in [9.17, 15) is 43.2 Å². The minimum absolute atomic E-state index is 0.108. The van der Waals surface area contributed by atoms with Gasteiger partial charge in [-0.15, -0.1) is 0 Å². The predicted molar refractivity (Wildman–Crippen MR) is 451 cm³/mol. The molecular formula is C90H176O17P2. The van der Waals surface area contributed by atoms with Gasteiger partial charge in [0.15, 0.2) is 12.2 Å². The Morgan fingerprint density at radius 1 is 0.248 bits per heavy atom. The quantitative estimate of drug-likeness (QED) is 0.0222. The molecule has 0 aromatic rings. The molecule has 0 aliphatic rings. The Hall–Kier alpha value is -1.94. The van der Waals surface area contributed by atoms with E-state index in [-0.39, 0.29) is 25.7 Å². The molecule has 0 fully saturated rings. The first-order valence-electron chi connectivity index (χ1n) is 46.5. The van der Waals surface area contributed by atoms with Gasteiger partial charge in [-0.25, -0.2) is 9.13 Å². The molecule has 0 rings (SSSR count). The molecule has 0 bridgehead atoms. The van der Waals surface area contributed by atoms with Crippen molar-refractivity contribution in [2.75, 3.05) is 39.6 Å². The van der Waals surface area contributed by atoms with Crippen molar-refractivity contribution in [3.05, 3.63) is 0 Å². The highest BCUT2D eigenvalue weighted by Crippen LogP contribution is 2.45. The van der Waals surface area contributed by atoms with Crippen molar-refractivity contribution in [3.8, 4) is 0 Å². The van der Waals surface area contributed by atoms with E-state index in [1.54, 1.807) is 0 Å². The normalized spacial score (nSPS) is 13.8. The van der Waals surface area contributed by atoms with Gasteiger partial charge in [0.05, 0.1) is 26.4 Å². The number of aliphatic hydroxyl groups is 1. The van der Waals surface area contributed by atoms with Crippen LogP contribution in [0.25, 0.3) is 0 Å². The van der Waals surface area contributed by atoms with Crippen molar-refractivity contribution in [1.82, 2.24) is 0 Å². The second-order valence-electron chi connectivity index (χ2n) is 33.3. The molecule has 0 amide bonds. The van der Waals surface area contributed by atoms with E-state index in [0.717, 1.165) is 102 Å². The number of hydrogen-bond donors (Lipinski definition) is 3. The zero-order valence-corrected chi connectivity index (χ0v) is 73.7. The Labute approximate surface area is 670 Å². The summed E-state index contributed by atoms with van der Waals surface area (Å²) in [5, 5.41) is 10.7. The fourth-order valence-electron chi connectivity index (χ4n) is 14.1. The minimum Gasteiger partial charge on any atom is -0.462 e. The van der Waals surface area contributed by atoms with Gasteiger partial charge < -0.3 is 33.8 Å². The van der Waals surface area contributed by atoms with Crippen molar-refractivity contribution in [1.29, 1.82) is 0 Å². The van der Waals surface area contributed by atoms with Crippen LogP contribution in [0, 0.1) is 11.8 Å². The molecule has 19 heteroatoms. The molecule has 0 radical (unpaired) electrons. The number of phosphoric acid groups is 2. The first-order valence-corrected chi connectivity index (χ1v) is 49.5. The third kappa shape index (κ3) is 83.8. The second kappa shape index (κ2) is 81.2. The Morgan fingerprint density at radius 2 is 0.422 bits per heavy atom. The van der Waals surface area contributed by atoms with E-state index in [1.807, 2.05) is 0 Å². The van der Waals surface area contributed by atoms with Crippen LogP contribution in [0.2, 0.25) is 0 Å². The number of hydrogen-bond acceptors (Lipinski definition) is 15. The molecule has 0 heterocycles. The molecule has 17 nitrogen and oxygen atoms in total. The third-order valence-electron chi connectivity index (χ3n) is 21.2. The van der Waals surface area contributed by atoms with Gasteiger partial charge in [-0.2, -0.15) is 0 Å². The highest BCUT2D eigenvalue weighted by molar-refractivity contribution is 7.47. The maximum Gasteiger partial charge on any atom is 0.472 e. The molecule has 109 heavy (non-hydrogen) atoms. The van der Waals surface area contributed by atoms with Crippen molar-refractivity contribution < 1.29 is 80.2 Å². The van der Waals surface area contributed by atoms with Gasteiger partial charge in [0, 0.05) is 25.7 Å². The fourth-order valence-corrected chi connectivity index (χ4v) is 15.7. The summed E-state index contributed by atoms with van der Waals surface area (Å²) in [7, 11) is -9.93. The summed E-state index contributed by atoms with van der Waals surface area (Å²) < 4.78 is 69.0. The fraction of sp³-hybridized carbons (Fsp3) is 0.956. The Kier molecular flexibility index (Phi) is 79.8. The molecule has 3 N–H and O–H groups in total. The zero-order chi connectivity index (χ0) is 79.9. The average molecular weight is 1590 g/mol. The molecule has 648 valence electrons. The molecule has 0 aliphatic carbocycles. The van der Waals surface area contributed by atoms with Gasteiger partial charge in [0.1, 0.15) is 19.3 Å². The number of aliphatic hydroxyl groups excluding tert-OH is 1. The standard InChI is InChI=1S/C90H176O17P2/c1-7-9-11-13-15-17-19-20-21-22-23-24-25-29-32-38-43-49-55-61-67-73-88(93)101-79-86(107-89(94)74-68-62-56-50-44-39-33-30-27-26-28-31-36-41-46-52-58-64-70-82(3)4)81-105-109(98,99)103-77-84(91)76-102-108(96,97)104-80-85(78-100-87(92)72-66-60-54-48-18-16-14-12-10-8-2)106-90(95)75-69-63-57-51-45-40-35-34-37-42-47-53-59-65-71-83(5)6/h82-86,91H,7-81H2,1-6H3,(H,96,97)(H,98,99)/t84-,85+,86+/m0/s1. The van der Waals surface area contributed by atoms with E-state index >= 15 is 0 Å². The van der Waals surface area contributed by atoms with Gasteiger partial charge in [0.2, 0.25) is 0 Å². The van der Waals surface area contributed by atoms with Gasteiger partial charge in [-0.3, -0.25) is 37.3 Å². The van der Waals surface area contributed by atoms with Crippen molar-refractivity contribution in [2.24, 2.45) is 11.8 Å². The minimum atomic E-state index is -4.97. The van der Waals surface area contributed by atoms with Crippen LogP contribution >= 0.6 is 15.6 Å². The van der Waals surface area contributed by atoms with Crippen LogP contribution < -0.4 is 0 Å². The van der Waals surface area contributed by atoms with E-state index in [2.05, 4.69) is 41.5 Å². The Morgan fingerprint density at radius 3 is 0.624 bits per heavy atom. The van der Waals surface area contributed by atoms with E-state index < -0.39 is 97.5 Å². The number of rotatable bonds is 89. The zero-order valence-electron chi connectivity index (χ0n) is 71.9. The monoisotopic (exact) mass is 1590 g/mol. The molecule has 0 aromatic carbocycles. The number of ether oxygens (including phenoxy) is 4. The molecule has 0 aliphatic heterocycles. The van der Waals surface area contributed by atoms with Crippen LogP contribution in [-0.4, -0.2) is 96.7 Å². The summed E-state index contributed by atoms with van der Waals surface area (Å²) in [5.74, 6) is -0.482. The van der Waals surface area contributed by atoms with Crippen LogP contribution in [0.4, 0.5) is 0 Å². The molecule has 0 saturated heterocycles. The van der Waals surface area contributed by atoms with E-state index in [0.29, 0.717) is 25.7 Å². The van der Waals surface area contributed by atoms with Crippen molar-refractivity contribution in [3.63, 3.8) is 0 Å². The maximum atomic E-state index is 13.2. The van der Waals surface area contributed by atoms with Crippen LogP contribution in [0.3, 0.4) is 0 Å². The van der Waals surface area contributed by atoms with Crippen molar-refractivity contribution >= 4 is 39.5 Å². The SMILES string of the molecule is CCCCCCCCCCCCCCCCCCCCCCCC(=O)OC[C@H](COP(=O)(O)OC[C@@H](O)COP(=O)(O)OC[C@@H](COC(=O)CCCCCCCCCCCC)OC(=O)CCCCCCCCCCCCCCCCC(C)C)OC(=O)CCCCCCCCCCCCCCCCCCCCC(C)C. The molecule has 0 aromatic heterocycles. The lowest BCUT2D eigenvalue weighted by molar-refractivity contribution is -0.161. The highest BCUT2D eigenvalue weighted by atomic mass is 31.2. The topological polar surface area (TPSA) is 237 Å². The number of unbranched alkanes of at least 4 members (excludes halogenated alkanes) is 59. The first kappa shape index (κ1) is 107. The summed E-state index contributed by atoms with van der Waals surface area (Å²) in [6.45, 7) is 9.74. The first-order chi connectivity index (χ1) is 52.9. The summed E-state index contributed by atoms with van der Waals surface area (Å²) in [5.41, 5.74) is 0. The van der Waals surface area contributed by atoms with Gasteiger partial charge >= 0.3 is 39.5 Å². The Bertz CT molecular complexity index is 2080. The van der Waals surface area contributed by atoms with Gasteiger partial charge in [-0.1, -0.05) is 433 Å². The molecular weight excluding hydrogens is 1410 g/mol. The summed E-state index contributed by atoms with van der Waals surface area (Å²) >= 11 is 0. The molecule has 2 unspecified atom stereocenters. The van der Waals surface area contributed by atoms with Crippen LogP contribution in [0.1, 0.15) is 485 Å². The van der Waals surface area contributed by atoms with Gasteiger partial charge in [0.25, 0.3) is 0 Å². The Balaban J connectivity index is 5.21. The van der Waals surface area contributed by atoms with Crippen LogP contribution in [0.15, 0.2) is 0 Å². The summed E-state index contributed by atoms with van der Waals surface area (Å²) in [4.78, 5) is 73.3. The lowest BCUT2D eigenvalue weighted by atomic mass is 10.0. The average Bonchev–Trinajstić information content (AvgIpc) is 0.899. The molecule has 5 atom stereocenters. The van der Waals surface area contributed by atoms with E-state index in [1.165, 1.54) is 302 Å². The van der Waals surface area contributed by atoms with Crippen LogP contribution in [0.5, 0.6) is 0 Å². The van der Waals surface area contributed by atoms with Crippen LogP contribution in [-0.2, 0) is 65.4 Å². The largest absolute Gasteiger partial charge is 0.472 e. The molecule has 0 spiro atoms. The number of esters is 4. The highest BCUT2D eigenvalue weighted by Gasteiger charge is 2.31. The number of phosphoric ester groups is 2. The number of carbonyl (C=O) groups is 4. The van der Waals surface area contributed by atoms with E-state index in [4.69, 9.17) is 37.0 Å². The van der Waals surface area contributed by atoms with Gasteiger partial charge in [-0.05, 0) is 37.5 Å². The lowest BCUT2D eigenvalue weighted by Crippen LogP contribution is -2.30. The summed E-state index contributed by atoms with van der Waals surface area (Å²) in [6, 6.07) is 0. The predicted octanol–water partition coefficient (Wildman–Crippen LogP) is 27.8. The van der Waals surface area contributed by atoms with Crippen molar-refractivity contribution in [2.45, 2.75) is 503 Å². The lowest BCUT2D eigenvalue weighted by Gasteiger charge is -2.21. The molecule has 0 saturated carbocycles. The smallest absolute Gasteiger partial charge is 0.462 e. The number of carbonyl (C=O) groups excluding carboxylic acids is 4. The third-order valence-corrected chi connectivity index (χ3v) is 23.1. The maximum absolute atomic E-state index is 13.2. The summed E-state index contributed by atoms with van der Waals surface area (Å²) in [6.07, 6.45) is 75.1. The second-order valence-corrected chi connectivity index (χ2v) is 36.2.